The Labute approximate surface area is 148 Å². The van der Waals surface area contributed by atoms with Crippen LogP contribution in [0.5, 0.6) is 17.2 Å². The van der Waals surface area contributed by atoms with Crippen LogP contribution in [-0.2, 0) is 4.79 Å². The molecule has 1 unspecified atom stereocenters. The quantitative estimate of drug-likeness (QED) is 0.777. The van der Waals surface area contributed by atoms with E-state index >= 15 is 0 Å². The average Bonchev–Trinajstić information content (AvgIpc) is 2.61. The van der Waals surface area contributed by atoms with Gasteiger partial charge in [0, 0.05) is 5.69 Å². The first-order valence-corrected chi connectivity index (χ1v) is 8.40. The van der Waals surface area contributed by atoms with Crippen LogP contribution >= 0.6 is 0 Å². The molecule has 0 bridgehead atoms. The summed E-state index contributed by atoms with van der Waals surface area (Å²) in [5.74, 6) is 1.96. The number of nitrogens with one attached hydrogen (secondary N) is 1. The molecule has 0 radical (unpaired) electrons. The maximum Gasteiger partial charge on any atom is 0.265 e. The highest BCUT2D eigenvalue weighted by Crippen LogP contribution is 2.20. The highest BCUT2D eigenvalue weighted by Gasteiger charge is 2.18. The third-order valence-corrected chi connectivity index (χ3v) is 3.49. The van der Waals surface area contributed by atoms with E-state index in [1.807, 2.05) is 45.0 Å². The smallest absolute Gasteiger partial charge is 0.265 e. The number of methoxy groups -OCH3 is 1. The van der Waals surface area contributed by atoms with E-state index in [0.717, 1.165) is 11.5 Å². The fourth-order valence-electron chi connectivity index (χ4n) is 2.25. The summed E-state index contributed by atoms with van der Waals surface area (Å²) in [6, 6.07) is 14.5. The molecule has 0 saturated carbocycles. The van der Waals surface area contributed by atoms with Gasteiger partial charge in [-0.05, 0) is 68.8 Å². The van der Waals surface area contributed by atoms with Gasteiger partial charge in [0.15, 0.2) is 6.10 Å². The number of anilines is 1. The Bertz CT molecular complexity index is 665. The van der Waals surface area contributed by atoms with Gasteiger partial charge in [0.2, 0.25) is 0 Å². The summed E-state index contributed by atoms with van der Waals surface area (Å²) < 4.78 is 16.5. The van der Waals surface area contributed by atoms with E-state index in [-0.39, 0.29) is 12.0 Å². The molecule has 2 aromatic carbocycles. The molecule has 1 N–H and O–H groups in total. The molecule has 0 fully saturated rings. The molecule has 5 heteroatoms. The molecule has 0 heterocycles. The molecule has 0 aliphatic carbocycles. The normalized spacial score (nSPS) is 11.7. The number of hydrogen-bond acceptors (Lipinski definition) is 4. The minimum atomic E-state index is -0.569. The fourth-order valence-corrected chi connectivity index (χ4v) is 2.25. The van der Waals surface area contributed by atoms with Crippen molar-refractivity contribution in [1.29, 1.82) is 0 Å². The van der Waals surface area contributed by atoms with Crippen molar-refractivity contribution in [3.05, 3.63) is 48.5 Å². The topological polar surface area (TPSA) is 56.8 Å². The summed E-state index contributed by atoms with van der Waals surface area (Å²) in [7, 11) is 1.61. The minimum absolute atomic E-state index is 0.114. The summed E-state index contributed by atoms with van der Waals surface area (Å²) in [5, 5.41) is 2.87. The molecule has 1 atom stereocenters. The molecule has 25 heavy (non-hydrogen) atoms. The maximum atomic E-state index is 12.4. The van der Waals surface area contributed by atoms with E-state index in [1.54, 1.807) is 31.4 Å². The predicted molar refractivity (Wildman–Crippen MR) is 98.5 cm³/mol. The second-order valence-electron chi connectivity index (χ2n) is 5.87. The molecular formula is C20H25NO4. The van der Waals surface area contributed by atoms with Crippen molar-refractivity contribution < 1.29 is 19.0 Å². The third kappa shape index (κ3) is 5.71. The lowest BCUT2D eigenvalue weighted by Gasteiger charge is -2.18. The van der Waals surface area contributed by atoms with E-state index in [2.05, 4.69) is 5.32 Å². The minimum Gasteiger partial charge on any atom is -0.497 e. The van der Waals surface area contributed by atoms with E-state index < -0.39 is 6.10 Å². The molecule has 0 aromatic heterocycles. The monoisotopic (exact) mass is 343 g/mol. The number of carbonyl (C=O) groups is 1. The van der Waals surface area contributed by atoms with Crippen LogP contribution < -0.4 is 19.5 Å². The number of benzene rings is 2. The number of carbonyl (C=O) groups excluding carboxylic acids is 1. The average molecular weight is 343 g/mol. The van der Waals surface area contributed by atoms with Gasteiger partial charge in [-0.15, -0.1) is 0 Å². The molecular weight excluding hydrogens is 318 g/mol. The first-order chi connectivity index (χ1) is 12.0. The van der Waals surface area contributed by atoms with Crippen LogP contribution in [0, 0.1) is 0 Å². The van der Waals surface area contributed by atoms with E-state index in [9.17, 15) is 4.79 Å². The number of rotatable bonds is 8. The first-order valence-electron chi connectivity index (χ1n) is 8.40. The maximum absolute atomic E-state index is 12.4. The molecule has 5 nitrogen and oxygen atoms in total. The van der Waals surface area contributed by atoms with Crippen molar-refractivity contribution in [1.82, 2.24) is 0 Å². The lowest BCUT2D eigenvalue weighted by atomic mass is 10.2. The first kappa shape index (κ1) is 18.6. The Morgan fingerprint density at radius 1 is 0.920 bits per heavy atom. The lowest BCUT2D eigenvalue weighted by molar-refractivity contribution is -0.122. The van der Waals surface area contributed by atoms with Crippen LogP contribution in [0.3, 0.4) is 0 Å². The standard InChI is InChI=1S/C20H25NO4/c1-5-19(25-18-12-10-16(23-4)11-13-18)20(22)21-15-6-8-17(9-7-15)24-14(2)3/h6-14,19H,5H2,1-4H3,(H,21,22). The molecule has 0 saturated heterocycles. The Hall–Kier alpha value is -2.69. The summed E-state index contributed by atoms with van der Waals surface area (Å²) in [6.07, 6.45) is 0.106. The van der Waals surface area contributed by atoms with Crippen LogP contribution in [0.4, 0.5) is 5.69 Å². The summed E-state index contributed by atoms with van der Waals surface area (Å²) in [6.45, 7) is 5.85. The van der Waals surface area contributed by atoms with Crippen molar-refractivity contribution in [3.8, 4) is 17.2 Å². The van der Waals surface area contributed by atoms with Gasteiger partial charge in [0.1, 0.15) is 17.2 Å². The molecule has 2 aromatic rings. The molecule has 134 valence electrons. The van der Waals surface area contributed by atoms with E-state index in [1.165, 1.54) is 0 Å². The van der Waals surface area contributed by atoms with Gasteiger partial charge in [0.05, 0.1) is 13.2 Å². The van der Waals surface area contributed by atoms with Crippen molar-refractivity contribution in [2.24, 2.45) is 0 Å². The Balaban J connectivity index is 1.96. The zero-order valence-corrected chi connectivity index (χ0v) is 15.1. The Morgan fingerprint density at radius 3 is 1.96 bits per heavy atom. The molecule has 0 aliphatic heterocycles. The second kappa shape index (κ2) is 8.97. The SMILES string of the molecule is CCC(Oc1ccc(OC)cc1)C(=O)Nc1ccc(OC(C)C)cc1. The van der Waals surface area contributed by atoms with Gasteiger partial charge in [-0.25, -0.2) is 0 Å². The van der Waals surface area contributed by atoms with Crippen LogP contribution in [0.1, 0.15) is 27.2 Å². The molecule has 0 spiro atoms. The van der Waals surface area contributed by atoms with Crippen LogP contribution in [0.25, 0.3) is 0 Å². The highest BCUT2D eigenvalue weighted by molar-refractivity contribution is 5.94. The molecule has 1 amide bonds. The fraction of sp³-hybridized carbons (Fsp3) is 0.350. The van der Waals surface area contributed by atoms with E-state index in [0.29, 0.717) is 17.9 Å². The van der Waals surface area contributed by atoms with Crippen molar-refractivity contribution in [3.63, 3.8) is 0 Å². The zero-order valence-electron chi connectivity index (χ0n) is 15.1. The van der Waals surface area contributed by atoms with Gasteiger partial charge >= 0.3 is 0 Å². The second-order valence-corrected chi connectivity index (χ2v) is 5.87. The van der Waals surface area contributed by atoms with Gasteiger partial charge in [-0.1, -0.05) is 6.92 Å². The van der Waals surface area contributed by atoms with Crippen molar-refractivity contribution in [2.45, 2.75) is 39.4 Å². The Kier molecular flexibility index (Phi) is 6.69. The van der Waals surface area contributed by atoms with Crippen molar-refractivity contribution >= 4 is 11.6 Å². The Morgan fingerprint density at radius 2 is 1.44 bits per heavy atom. The molecule has 2 rings (SSSR count). The predicted octanol–water partition coefficient (Wildman–Crippen LogP) is 4.28. The summed E-state index contributed by atoms with van der Waals surface area (Å²) >= 11 is 0. The molecule has 0 aliphatic rings. The van der Waals surface area contributed by atoms with Crippen LogP contribution in [-0.4, -0.2) is 25.2 Å². The zero-order chi connectivity index (χ0) is 18.2. The number of hydrogen-bond donors (Lipinski definition) is 1. The van der Waals surface area contributed by atoms with Crippen LogP contribution in [0.15, 0.2) is 48.5 Å². The third-order valence-electron chi connectivity index (χ3n) is 3.49. The van der Waals surface area contributed by atoms with Gasteiger partial charge in [-0.2, -0.15) is 0 Å². The summed E-state index contributed by atoms with van der Waals surface area (Å²) in [4.78, 5) is 12.4. The van der Waals surface area contributed by atoms with Gasteiger partial charge < -0.3 is 19.5 Å². The van der Waals surface area contributed by atoms with Gasteiger partial charge in [-0.3, -0.25) is 4.79 Å². The van der Waals surface area contributed by atoms with Gasteiger partial charge in [0.25, 0.3) is 5.91 Å². The summed E-state index contributed by atoms with van der Waals surface area (Å²) in [5.41, 5.74) is 0.706. The highest BCUT2D eigenvalue weighted by atomic mass is 16.5. The largest absolute Gasteiger partial charge is 0.497 e. The lowest BCUT2D eigenvalue weighted by Crippen LogP contribution is -2.32. The van der Waals surface area contributed by atoms with Crippen LogP contribution in [0.2, 0.25) is 0 Å². The van der Waals surface area contributed by atoms with Crippen molar-refractivity contribution in [2.75, 3.05) is 12.4 Å². The van der Waals surface area contributed by atoms with E-state index in [4.69, 9.17) is 14.2 Å². The number of ether oxygens (including phenoxy) is 3. The number of amides is 1.